The van der Waals surface area contributed by atoms with Crippen LogP contribution in [-0.2, 0) is 0 Å². The van der Waals surface area contributed by atoms with Crippen LogP contribution in [0.2, 0.25) is 0 Å². The molecule has 1 saturated heterocycles. The summed E-state index contributed by atoms with van der Waals surface area (Å²) in [5, 5.41) is 5.00. The van der Waals surface area contributed by atoms with Gasteiger partial charge in [0.25, 0.3) is 5.91 Å². The second-order valence-corrected chi connectivity index (χ2v) is 4.49. The average molecular weight is 263 g/mol. The third-order valence-electron chi connectivity index (χ3n) is 2.65. The van der Waals surface area contributed by atoms with E-state index in [0.717, 1.165) is 23.7 Å². The Labute approximate surface area is 105 Å². The predicted molar refractivity (Wildman–Crippen MR) is 66.9 cm³/mol. The second kappa shape index (κ2) is 5.52. The normalized spacial score (nSPS) is 14.9. The molecule has 0 radical (unpaired) electrons. The van der Waals surface area contributed by atoms with Crippen molar-refractivity contribution in [2.45, 2.75) is 6.04 Å². The van der Waals surface area contributed by atoms with Crippen LogP contribution < -0.4 is 10.1 Å². The summed E-state index contributed by atoms with van der Waals surface area (Å²) in [5.74, 6) is 0.832. The van der Waals surface area contributed by atoms with E-state index in [1.54, 1.807) is 18.1 Å². The number of carbonyl (C=O) groups excluding carboxylic acids is 1. The number of hydrogen-bond acceptors (Lipinski definition) is 4. The highest BCUT2D eigenvalue weighted by Crippen LogP contribution is 2.23. The van der Waals surface area contributed by atoms with Crippen molar-refractivity contribution in [1.82, 2.24) is 10.2 Å². The van der Waals surface area contributed by atoms with Crippen molar-refractivity contribution in [1.29, 1.82) is 0 Å². The molecule has 1 N–H and O–H groups in total. The number of hydrogen-bond donors (Lipinski definition) is 1. The molecule has 1 fully saturated rings. The van der Waals surface area contributed by atoms with Gasteiger partial charge in [0.05, 0.1) is 18.0 Å². The molecule has 0 unspecified atom stereocenters. The maximum Gasteiger partial charge on any atom is 0.264 e. The number of likely N-dealkylation sites (N-methyl/N-ethyl adjacent to an activating group) is 1. The summed E-state index contributed by atoms with van der Waals surface area (Å²) < 4.78 is 5.05. The summed E-state index contributed by atoms with van der Waals surface area (Å²) in [6.07, 6.45) is 0. The van der Waals surface area contributed by atoms with Gasteiger partial charge in [-0.2, -0.15) is 0 Å². The van der Waals surface area contributed by atoms with Gasteiger partial charge in [-0.15, -0.1) is 23.7 Å². The first-order valence-electron chi connectivity index (χ1n) is 4.82. The van der Waals surface area contributed by atoms with Gasteiger partial charge in [0.1, 0.15) is 5.75 Å². The third-order valence-corrected chi connectivity index (χ3v) is 3.55. The molecule has 4 nitrogen and oxygen atoms in total. The Balaban J connectivity index is 0.00000128. The lowest BCUT2D eigenvalue weighted by atomic mass is 10.1. The van der Waals surface area contributed by atoms with Crippen LogP contribution >= 0.6 is 23.7 Å². The van der Waals surface area contributed by atoms with E-state index in [-0.39, 0.29) is 18.3 Å². The zero-order valence-electron chi connectivity index (χ0n) is 9.23. The van der Waals surface area contributed by atoms with Crippen molar-refractivity contribution in [2.75, 3.05) is 27.2 Å². The van der Waals surface area contributed by atoms with Gasteiger partial charge in [0.15, 0.2) is 0 Å². The molecule has 0 atom stereocenters. The maximum absolute atomic E-state index is 12.0. The molecule has 0 spiro atoms. The number of methoxy groups -OCH3 is 1. The lowest BCUT2D eigenvalue weighted by Crippen LogP contribution is -2.57. The molecule has 2 heterocycles. The smallest absolute Gasteiger partial charge is 0.264 e. The molecule has 1 amide bonds. The van der Waals surface area contributed by atoms with E-state index >= 15 is 0 Å². The number of rotatable bonds is 3. The molecular formula is C10H15ClN2O2S. The Hall–Kier alpha value is -0.780. The first-order valence-corrected chi connectivity index (χ1v) is 5.70. The number of ether oxygens (including phenoxy) is 1. The minimum atomic E-state index is 0. The summed E-state index contributed by atoms with van der Waals surface area (Å²) in [5.41, 5.74) is 0. The summed E-state index contributed by atoms with van der Waals surface area (Å²) in [6, 6.07) is 2.13. The van der Waals surface area contributed by atoms with Gasteiger partial charge >= 0.3 is 0 Å². The van der Waals surface area contributed by atoms with Crippen molar-refractivity contribution in [3.05, 3.63) is 16.3 Å². The van der Waals surface area contributed by atoms with Gasteiger partial charge in [0, 0.05) is 31.6 Å². The predicted octanol–water partition coefficient (Wildman–Crippen LogP) is 1.22. The van der Waals surface area contributed by atoms with Crippen LogP contribution in [0.25, 0.3) is 0 Å². The van der Waals surface area contributed by atoms with Gasteiger partial charge in [-0.1, -0.05) is 0 Å². The van der Waals surface area contributed by atoms with E-state index in [9.17, 15) is 4.79 Å². The van der Waals surface area contributed by atoms with E-state index in [1.807, 2.05) is 12.4 Å². The van der Waals surface area contributed by atoms with Gasteiger partial charge < -0.3 is 15.0 Å². The largest absolute Gasteiger partial charge is 0.496 e. The summed E-state index contributed by atoms with van der Waals surface area (Å²) in [4.78, 5) is 14.5. The molecule has 1 aromatic heterocycles. The Kier molecular flexibility index (Phi) is 4.58. The highest BCUT2D eigenvalue weighted by atomic mass is 35.5. The SMILES string of the molecule is COc1csc(C(=O)N(C)C2CNC2)c1.Cl. The topological polar surface area (TPSA) is 41.6 Å². The van der Waals surface area contributed by atoms with Crippen molar-refractivity contribution in [2.24, 2.45) is 0 Å². The average Bonchev–Trinajstić information content (AvgIpc) is 2.61. The van der Waals surface area contributed by atoms with E-state index in [2.05, 4.69) is 5.32 Å². The van der Waals surface area contributed by atoms with Crippen molar-refractivity contribution in [3.63, 3.8) is 0 Å². The van der Waals surface area contributed by atoms with Crippen LogP contribution in [0.4, 0.5) is 0 Å². The number of amides is 1. The Morgan fingerprint density at radius 3 is 2.75 bits per heavy atom. The minimum Gasteiger partial charge on any atom is -0.496 e. The van der Waals surface area contributed by atoms with Crippen LogP contribution in [0, 0.1) is 0 Å². The Morgan fingerprint density at radius 1 is 1.62 bits per heavy atom. The zero-order chi connectivity index (χ0) is 10.8. The maximum atomic E-state index is 12.0. The van der Waals surface area contributed by atoms with E-state index < -0.39 is 0 Å². The van der Waals surface area contributed by atoms with Crippen LogP contribution in [0.1, 0.15) is 9.67 Å². The molecule has 0 bridgehead atoms. The van der Waals surface area contributed by atoms with Gasteiger partial charge in [0.2, 0.25) is 0 Å². The fourth-order valence-electron chi connectivity index (χ4n) is 1.42. The highest BCUT2D eigenvalue weighted by Gasteiger charge is 2.26. The Bertz CT molecular complexity index is 365. The van der Waals surface area contributed by atoms with Crippen molar-refractivity contribution >= 4 is 29.7 Å². The quantitative estimate of drug-likeness (QED) is 0.891. The van der Waals surface area contributed by atoms with Crippen LogP contribution in [0.5, 0.6) is 5.75 Å². The van der Waals surface area contributed by atoms with Crippen molar-refractivity contribution < 1.29 is 9.53 Å². The summed E-state index contributed by atoms with van der Waals surface area (Å²) in [6.45, 7) is 1.79. The highest BCUT2D eigenvalue weighted by molar-refractivity contribution is 7.12. The molecule has 1 aliphatic rings. The second-order valence-electron chi connectivity index (χ2n) is 3.58. The van der Waals surface area contributed by atoms with Gasteiger partial charge in [-0.25, -0.2) is 0 Å². The summed E-state index contributed by atoms with van der Waals surface area (Å²) in [7, 11) is 3.45. The van der Waals surface area contributed by atoms with Crippen LogP contribution in [-0.4, -0.2) is 44.1 Å². The molecule has 0 aliphatic carbocycles. The number of carbonyl (C=O) groups is 1. The van der Waals surface area contributed by atoms with Gasteiger partial charge in [-0.05, 0) is 0 Å². The molecule has 1 aromatic rings. The summed E-state index contributed by atoms with van der Waals surface area (Å²) >= 11 is 1.43. The van der Waals surface area contributed by atoms with E-state index in [4.69, 9.17) is 4.74 Å². The molecular weight excluding hydrogens is 248 g/mol. The van der Waals surface area contributed by atoms with Crippen molar-refractivity contribution in [3.8, 4) is 5.75 Å². The van der Waals surface area contributed by atoms with Crippen LogP contribution in [0.3, 0.4) is 0 Å². The molecule has 2 rings (SSSR count). The molecule has 6 heteroatoms. The minimum absolute atomic E-state index is 0. The number of nitrogens with zero attached hydrogens (tertiary/aromatic N) is 1. The lowest BCUT2D eigenvalue weighted by Gasteiger charge is -2.35. The Morgan fingerprint density at radius 2 is 2.31 bits per heavy atom. The fraction of sp³-hybridized carbons (Fsp3) is 0.500. The van der Waals surface area contributed by atoms with Gasteiger partial charge in [-0.3, -0.25) is 4.79 Å². The number of thiophene rings is 1. The molecule has 90 valence electrons. The van der Waals surface area contributed by atoms with E-state index in [1.165, 1.54) is 11.3 Å². The molecule has 1 aliphatic heterocycles. The number of nitrogens with one attached hydrogen (secondary N) is 1. The van der Waals surface area contributed by atoms with E-state index in [0.29, 0.717) is 6.04 Å². The lowest BCUT2D eigenvalue weighted by molar-refractivity contribution is 0.0686. The monoisotopic (exact) mass is 262 g/mol. The molecule has 16 heavy (non-hydrogen) atoms. The first kappa shape index (κ1) is 13.3. The van der Waals surface area contributed by atoms with Crippen LogP contribution in [0.15, 0.2) is 11.4 Å². The molecule has 0 saturated carbocycles. The standard InChI is InChI=1S/C10H14N2O2S.ClH/c1-12(7-4-11-5-7)10(13)9-3-8(14-2)6-15-9;/h3,6-7,11H,4-5H2,1-2H3;1H. The fourth-order valence-corrected chi connectivity index (χ4v) is 2.26. The molecule has 0 aromatic carbocycles. The first-order chi connectivity index (χ1) is 7.22. The number of halogens is 1. The zero-order valence-corrected chi connectivity index (χ0v) is 10.9. The third kappa shape index (κ3) is 2.48.